The van der Waals surface area contributed by atoms with E-state index in [-0.39, 0.29) is 21.8 Å². The van der Waals surface area contributed by atoms with Crippen molar-refractivity contribution in [2.45, 2.75) is 24.7 Å². The van der Waals surface area contributed by atoms with Crippen LogP contribution in [0.4, 0.5) is 11.4 Å². The highest BCUT2D eigenvalue weighted by atomic mass is 32.2. The van der Waals surface area contributed by atoms with Gasteiger partial charge in [-0.1, -0.05) is 25.5 Å². The van der Waals surface area contributed by atoms with Crippen LogP contribution in [-0.2, 0) is 14.8 Å². The molecule has 3 N–H and O–H groups in total. The lowest BCUT2D eigenvalue weighted by Crippen LogP contribution is -2.33. The van der Waals surface area contributed by atoms with Gasteiger partial charge in [-0.2, -0.15) is 0 Å². The normalized spacial score (nSPS) is 11.0. The van der Waals surface area contributed by atoms with Crippen LogP contribution in [0.1, 0.15) is 30.1 Å². The van der Waals surface area contributed by atoms with Crippen LogP contribution < -0.4 is 15.4 Å². The van der Waals surface area contributed by atoms with Crippen molar-refractivity contribution in [3.05, 3.63) is 64.2 Å². The molecule has 0 fully saturated rings. The van der Waals surface area contributed by atoms with Crippen LogP contribution in [0, 0.1) is 10.1 Å². The lowest BCUT2D eigenvalue weighted by molar-refractivity contribution is -0.384. The number of carbonyl (C=O) groups is 2. The summed E-state index contributed by atoms with van der Waals surface area (Å²) in [6, 6.07) is 10.8. The Bertz CT molecular complexity index is 1040. The van der Waals surface area contributed by atoms with E-state index in [1.54, 1.807) is 0 Å². The summed E-state index contributed by atoms with van der Waals surface area (Å²) in [5.41, 5.74) is 0.0591. The van der Waals surface area contributed by atoms with E-state index in [1.165, 1.54) is 42.5 Å². The third kappa shape index (κ3) is 6.64. The zero-order valence-corrected chi connectivity index (χ0v) is 17.1. The summed E-state index contributed by atoms with van der Waals surface area (Å²) in [4.78, 5) is 34.3. The number of hydrogen-bond donors (Lipinski definition) is 3. The minimum Gasteiger partial charge on any atom is -0.343 e. The zero-order valence-electron chi connectivity index (χ0n) is 16.3. The van der Waals surface area contributed by atoms with Crippen molar-refractivity contribution in [3.8, 4) is 0 Å². The maximum absolute atomic E-state index is 12.3. The number of nitrogens with one attached hydrogen (secondary N) is 3. The number of benzene rings is 2. The lowest BCUT2D eigenvalue weighted by Gasteiger charge is -2.10. The standard InChI is InChI=1S/C19H22N4O6S/c1-2-3-10-21-30(28,29)17-9-5-7-15(12-17)22-18(24)13-20-19(25)14-6-4-8-16(11-14)23(26)27/h4-9,11-12,21H,2-3,10,13H2,1H3,(H,20,25)(H,22,24). The molecule has 0 aliphatic heterocycles. The van der Waals surface area contributed by atoms with Gasteiger partial charge in [0.2, 0.25) is 15.9 Å². The molecule has 11 heteroatoms. The first-order chi connectivity index (χ1) is 14.2. The minimum atomic E-state index is -3.69. The summed E-state index contributed by atoms with van der Waals surface area (Å²) in [6.07, 6.45) is 1.56. The Hall–Kier alpha value is -3.31. The van der Waals surface area contributed by atoms with E-state index in [4.69, 9.17) is 0 Å². The Morgan fingerprint density at radius 1 is 1.10 bits per heavy atom. The number of non-ortho nitro benzene ring substituents is 1. The Kier molecular flexibility index (Phi) is 8.01. The number of sulfonamides is 1. The quantitative estimate of drug-likeness (QED) is 0.296. The predicted octanol–water partition coefficient (Wildman–Crippen LogP) is 2.04. The smallest absolute Gasteiger partial charge is 0.270 e. The minimum absolute atomic E-state index is 0.0111. The maximum atomic E-state index is 12.3. The molecule has 0 unspecified atom stereocenters. The van der Waals surface area contributed by atoms with Gasteiger partial charge in [0.05, 0.1) is 16.4 Å². The third-order valence-electron chi connectivity index (χ3n) is 3.98. The van der Waals surface area contributed by atoms with E-state index in [0.717, 1.165) is 12.5 Å². The molecule has 2 aromatic carbocycles. The molecule has 0 aliphatic carbocycles. The molecule has 2 aromatic rings. The molecule has 160 valence electrons. The third-order valence-corrected chi connectivity index (χ3v) is 5.44. The molecule has 0 heterocycles. The number of carbonyl (C=O) groups excluding carboxylic acids is 2. The molecule has 10 nitrogen and oxygen atoms in total. The maximum Gasteiger partial charge on any atom is 0.270 e. The number of nitrogens with zero attached hydrogens (tertiary/aromatic N) is 1. The van der Waals surface area contributed by atoms with Gasteiger partial charge in [-0.25, -0.2) is 13.1 Å². The second kappa shape index (κ2) is 10.5. The van der Waals surface area contributed by atoms with Gasteiger partial charge >= 0.3 is 0 Å². The molecule has 2 amide bonds. The monoisotopic (exact) mass is 434 g/mol. The molecule has 30 heavy (non-hydrogen) atoms. The van der Waals surface area contributed by atoms with Crippen molar-refractivity contribution >= 4 is 33.2 Å². The fourth-order valence-corrected chi connectivity index (χ4v) is 3.56. The van der Waals surface area contributed by atoms with Gasteiger partial charge in [0.1, 0.15) is 0 Å². The van der Waals surface area contributed by atoms with E-state index >= 15 is 0 Å². The molecule has 0 atom stereocenters. The van der Waals surface area contributed by atoms with Crippen LogP contribution in [0.15, 0.2) is 53.4 Å². The van der Waals surface area contributed by atoms with Crippen molar-refractivity contribution in [3.63, 3.8) is 0 Å². The number of amides is 2. The van der Waals surface area contributed by atoms with Crippen LogP contribution in [0.5, 0.6) is 0 Å². The second-order valence-electron chi connectivity index (χ2n) is 6.32. The Balaban J connectivity index is 1.96. The van der Waals surface area contributed by atoms with E-state index in [1.807, 2.05) is 6.92 Å². The molecule has 0 aliphatic rings. The molecular weight excluding hydrogens is 412 g/mol. The van der Waals surface area contributed by atoms with Crippen LogP contribution in [0.2, 0.25) is 0 Å². The van der Waals surface area contributed by atoms with Crippen molar-refractivity contribution in [2.75, 3.05) is 18.4 Å². The van der Waals surface area contributed by atoms with Crippen LogP contribution in [-0.4, -0.2) is 38.2 Å². The summed E-state index contributed by atoms with van der Waals surface area (Å²) in [5.74, 6) is -1.23. The lowest BCUT2D eigenvalue weighted by atomic mass is 10.2. The summed E-state index contributed by atoms with van der Waals surface area (Å²) in [7, 11) is -3.69. The van der Waals surface area contributed by atoms with Crippen molar-refractivity contribution in [1.82, 2.24) is 10.0 Å². The Labute approximate surface area is 173 Å². The highest BCUT2D eigenvalue weighted by Crippen LogP contribution is 2.16. The van der Waals surface area contributed by atoms with Gasteiger partial charge in [-0.15, -0.1) is 0 Å². The van der Waals surface area contributed by atoms with E-state index in [9.17, 15) is 28.1 Å². The number of nitro groups is 1. The number of nitro benzene ring substituents is 1. The average Bonchev–Trinajstić information content (AvgIpc) is 2.72. The largest absolute Gasteiger partial charge is 0.343 e. The number of anilines is 1. The Morgan fingerprint density at radius 3 is 2.53 bits per heavy atom. The molecular formula is C19H22N4O6S. The highest BCUT2D eigenvalue weighted by Gasteiger charge is 2.15. The van der Waals surface area contributed by atoms with Crippen LogP contribution in [0.3, 0.4) is 0 Å². The fourth-order valence-electron chi connectivity index (χ4n) is 2.44. The molecule has 0 spiro atoms. The van der Waals surface area contributed by atoms with E-state index in [0.29, 0.717) is 13.0 Å². The van der Waals surface area contributed by atoms with Gasteiger partial charge in [-0.05, 0) is 30.7 Å². The molecule has 0 saturated heterocycles. The molecule has 0 aromatic heterocycles. The van der Waals surface area contributed by atoms with Crippen molar-refractivity contribution in [2.24, 2.45) is 0 Å². The fraction of sp³-hybridized carbons (Fsp3) is 0.263. The summed E-state index contributed by atoms with van der Waals surface area (Å²) in [5, 5.41) is 15.6. The van der Waals surface area contributed by atoms with Crippen LogP contribution >= 0.6 is 0 Å². The molecule has 2 rings (SSSR count). The number of rotatable bonds is 10. The summed E-state index contributed by atoms with van der Waals surface area (Å²) in [6.45, 7) is 1.87. The van der Waals surface area contributed by atoms with Crippen LogP contribution in [0.25, 0.3) is 0 Å². The zero-order chi connectivity index (χ0) is 22.1. The van der Waals surface area contributed by atoms with Gasteiger partial charge in [0, 0.05) is 29.9 Å². The highest BCUT2D eigenvalue weighted by molar-refractivity contribution is 7.89. The molecule has 0 saturated carbocycles. The first-order valence-electron chi connectivity index (χ1n) is 9.15. The number of hydrogen-bond acceptors (Lipinski definition) is 6. The number of unbranched alkanes of at least 4 members (excludes halogenated alkanes) is 1. The topological polar surface area (TPSA) is 148 Å². The predicted molar refractivity (Wildman–Crippen MR) is 111 cm³/mol. The molecule has 0 bridgehead atoms. The summed E-state index contributed by atoms with van der Waals surface area (Å²) >= 11 is 0. The van der Waals surface area contributed by atoms with E-state index in [2.05, 4.69) is 15.4 Å². The van der Waals surface area contributed by atoms with E-state index < -0.39 is 33.3 Å². The van der Waals surface area contributed by atoms with Gasteiger partial charge in [-0.3, -0.25) is 19.7 Å². The van der Waals surface area contributed by atoms with Gasteiger partial charge < -0.3 is 10.6 Å². The first-order valence-corrected chi connectivity index (χ1v) is 10.6. The van der Waals surface area contributed by atoms with Gasteiger partial charge in [0.15, 0.2) is 0 Å². The van der Waals surface area contributed by atoms with Crippen molar-refractivity contribution in [1.29, 1.82) is 0 Å². The summed E-state index contributed by atoms with van der Waals surface area (Å²) < 4.78 is 27.0. The second-order valence-corrected chi connectivity index (χ2v) is 8.08. The SMILES string of the molecule is CCCCNS(=O)(=O)c1cccc(NC(=O)CNC(=O)c2cccc([N+](=O)[O-])c2)c1. The average molecular weight is 434 g/mol. The van der Waals surface area contributed by atoms with Gasteiger partial charge in [0.25, 0.3) is 11.6 Å². The van der Waals surface area contributed by atoms with Crippen molar-refractivity contribution < 1.29 is 22.9 Å². The molecule has 0 radical (unpaired) electrons. The first kappa shape index (κ1) is 23.0. The Morgan fingerprint density at radius 2 is 1.83 bits per heavy atom.